The molecule has 0 aliphatic carbocycles. The minimum absolute atomic E-state index is 0.0176. The van der Waals surface area contributed by atoms with Gasteiger partial charge in [0.25, 0.3) is 5.91 Å². The molecule has 1 amide bonds. The molecule has 0 radical (unpaired) electrons. The van der Waals surface area contributed by atoms with Crippen molar-refractivity contribution in [1.82, 2.24) is 14.1 Å². The molecule has 0 bridgehead atoms. The molecule has 2 aliphatic heterocycles. The zero-order valence-corrected chi connectivity index (χ0v) is 16.5. The number of hydrogen-bond donors (Lipinski definition) is 0. The highest BCUT2D eigenvalue weighted by Gasteiger charge is 2.31. The van der Waals surface area contributed by atoms with E-state index >= 15 is 0 Å². The molecule has 1 aromatic rings. The molecule has 1 aromatic carbocycles. The third kappa shape index (κ3) is 3.94. The Hall–Kier alpha value is -1.44. The number of piperidine rings is 1. The molecule has 2 heterocycles. The van der Waals surface area contributed by atoms with E-state index in [2.05, 4.69) is 11.8 Å². The standard InChI is InChI=1S/C19H29N3O3S/c1-3-20-12-14-21(15-13-20)19(23)17-7-9-18(10-8-17)26(24,25)22-11-5-4-6-16(22)2/h7-10,16H,3-6,11-15H2,1-2H3. The molecule has 0 N–H and O–H groups in total. The first-order chi connectivity index (χ1) is 12.4. The van der Waals surface area contributed by atoms with Gasteiger partial charge >= 0.3 is 0 Å². The number of amides is 1. The van der Waals surface area contributed by atoms with Crippen LogP contribution in [0.25, 0.3) is 0 Å². The van der Waals surface area contributed by atoms with Gasteiger partial charge in [-0.1, -0.05) is 13.3 Å². The lowest BCUT2D eigenvalue weighted by Gasteiger charge is -2.34. The SMILES string of the molecule is CCN1CCN(C(=O)c2ccc(S(=O)(=O)N3CCCCC3C)cc2)CC1. The minimum Gasteiger partial charge on any atom is -0.336 e. The van der Waals surface area contributed by atoms with Crippen molar-refractivity contribution in [2.45, 2.75) is 44.0 Å². The van der Waals surface area contributed by atoms with Gasteiger partial charge in [0.1, 0.15) is 0 Å². The number of piperazine rings is 1. The maximum Gasteiger partial charge on any atom is 0.253 e. The van der Waals surface area contributed by atoms with Gasteiger partial charge in [0.05, 0.1) is 4.90 Å². The summed E-state index contributed by atoms with van der Waals surface area (Å²) < 4.78 is 27.3. The monoisotopic (exact) mass is 379 g/mol. The first kappa shape index (κ1) is 19.3. The van der Waals surface area contributed by atoms with Crippen LogP contribution < -0.4 is 0 Å². The number of benzene rings is 1. The zero-order valence-electron chi connectivity index (χ0n) is 15.7. The fraction of sp³-hybridized carbons (Fsp3) is 0.632. The Morgan fingerprint density at radius 2 is 1.69 bits per heavy atom. The Bertz CT molecular complexity index is 725. The van der Waals surface area contributed by atoms with Crippen molar-refractivity contribution >= 4 is 15.9 Å². The van der Waals surface area contributed by atoms with Gasteiger partial charge in [-0.25, -0.2) is 8.42 Å². The highest BCUT2D eigenvalue weighted by atomic mass is 32.2. The van der Waals surface area contributed by atoms with E-state index in [1.165, 1.54) is 0 Å². The summed E-state index contributed by atoms with van der Waals surface area (Å²) in [5.41, 5.74) is 0.556. The Kier molecular flexibility index (Phi) is 5.99. The van der Waals surface area contributed by atoms with Gasteiger partial charge in [0.2, 0.25) is 10.0 Å². The van der Waals surface area contributed by atoms with E-state index in [1.54, 1.807) is 28.6 Å². The lowest BCUT2D eigenvalue weighted by molar-refractivity contribution is 0.0643. The van der Waals surface area contributed by atoms with E-state index in [0.717, 1.165) is 52.0 Å². The highest BCUT2D eigenvalue weighted by Crippen LogP contribution is 2.25. The number of hydrogen-bond acceptors (Lipinski definition) is 4. The molecular weight excluding hydrogens is 350 g/mol. The van der Waals surface area contributed by atoms with Crippen LogP contribution in [0, 0.1) is 0 Å². The van der Waals surface area contributed by atoms with Crippen LogP contribution in [0.2, 0.25) is 0 Å². The number of carbonyl (C=O) groups is 1. The molecule has 0 aromatic heterocycles. The molecule has 2 aliphatic rings. The van der Waals surface area contributed by atoms with Gasteiger partial charge in [0, 0.05) is 44.3 Å². The van der Waals surface area contributed by atoms with Crippen LogP contribution in [0.3, 0.4) is 0 Å². The van der Waals surface area contributed by atoms with Crippen LogP contribution in [0.4, 0.5) is 0 Å². The van der Waals surface area contributed by atoms with E-state index in [0.29, 0.717) is 12.1 Å². The third-order valence-corrected chi connectivity index (χ3v) is 7.58. The number of nitrogens with zero attached hydrogens (tertiary/aromatic N) is 3. The molecule has 144 valence electrons. The van der Waals surface area contributed by atoms with Crippen LogP contribution >= 0.6 is 0 Å². The third-order valence-electron chi connectivity index (χ3n) is 5.56. The fourth-order valence-electron chi connectivity index (χ4n) is 3.78. The fourth-order valence-corrected chi connectivity index (χ4v) is 5.48. The second-order valence-corrected chi connectivity index (χ2v) is 9.10. The lowest BCUT2D eigenvalue weighted by Crippen LogP contribution is -2.48. The second-order valence-electron chi connectivity index (χ2n) is 7.21. The van der Waals surface area contributed by atoms with Crippen LogP contribution in [0.1, 0.15) is 43.5 Å². The molecule has 2 fully saturated rings. The summed E-state index contributed by atoms with van der Waals surface area (Å²) in [5.74, 6) is -0.0176. The van der Waals surface area contributed by atoms with Crippen molar-refractivity contribution in [3.63, 3.8) is 0 Å². The number of sulfonamides is 1. The largest absolute Gasteiger partial charge is 0.336 e. The molecule has 1 atom stereocenters. The van der Waals surface area contributed by atoms with Gasteiger partial charge in [-0.05, 0) is 50.6 Å². The number of rotatable bonds is 4. The van der Waals surface area contributed by atoms with Crippen LogP contribution in [-0.2, 0) is 10.0 Å². The van der Waals surface area contributed by atoms with E-state index in [1.807, 2.05) is 11.8 Å². The molecule has 3 rings (SSSR count). The Morgan fingerprint density at radius 3 is 2.27 bits per heavy atom. The molecule has 7 heteroatoms. The summed E-state index contributed by atoms with van der Waals surface area (Å²) >= 11 is 0. The van der Waals surface area contributed by atoms with Crippen molar-refractivity contribution in [2.75, 3.05) is 39.3 Å². The maximum atomic E-state index is 12.9. The Balaban J connectivity index is 1.71. The number of likely N-dealkylation sites (N-methyl/N-ethyl adjacent to an activating group) is 1. The first-order valence-electron chi connectivity index (χ1n) is 9.57. The van der Waals surface area contributed by atoms with Crippen molar-refractivity contribution in [2.24, 2.45) is 0 Å². The quantitative estimate of drug-likeness (QED) is 0.803. The summed E-state index contributed by atoms with van der Waals surface area (Å²) in [6, 6.07) is 6.48. The van der Waals surface area contributed by atoms with Gasteiger partial charge < -0.3 is 9.80 Å². The highest BCUT2D eigenvalue weighted by molar-refractivity contribution is 7.89. The van der Waals surface area contributed by atoms with Gasteiger partial charge in [-0.2, -0.15) is 4.31 Å². The lowest BCUT2D eigenvalue weighted by atomic mass is 10.1. The molecule has 6 nitrogen and oxygen atoms in total. The van der Waals surface area contributed by atoms with Crippen LogP contribution in [0.15, 0.2) is 29.2 Å². The first-order valence-corrected chi connectivity index (χ1v) is 11.0. The summed E-state index contributed by atoms with van der Waals surface area (Å²) in [6.45, 7) is 8.89. The average molecular weight is 380 g/mol. The maximum absolute atomic E-state index is 12.9. The van der Waals surface area contributed by atoms with Gasteiger partial charge in [-0.15, -0.1) is 0 Å². The van der Waals surface area contributed by atoms with Crippen molar-refractivity contribution < 1.29 is 13.2 Å². The van der Waals surface area contributed by atoms with E-state index in [4.69, 9.17) is 0 Å². The van der Waals surface area contributed by atoms with Crippen LogP contribution in [-0.4, -0.2) is 73.7 Å². The smallest absolute Gasteiger partial charge is 0.253 e. The zero-order chi connectivity index (χ0) is 18.7. The van der Waals surface area contributed by atoms with Gasteiger partial charge in [-0.3, -0.25) is 4.79 Å². The second kappa shape index (κ2) is 8.06. The predicted octanol–water partition coefficient (Wildman–Crippen LogP) is 2.03. The minimum atomic E-state index is -3.49. The molecular formula is C19H29N3O3S. The molecule has 2 saturated heterocycles. The predicted molar refractivity (Wildman–Crippen MR) is 102 cm³/mol. The van der Waals surface area contributed by atoms with Crippen molar-refractivity contribution in [1.29, 1.82) is 0 Å². The van der Waals surface area contributed by atoms with E-state index in [-0.39, 0.29) is 16.8 Å². The Labute approximate surface area is 156 Å². The normalized spacial score (nSPS) is 23.2. The van der Waals surface area contributed by atoms with E-state index in [9.17, 15) is 13.2 Å². The Morgan fingerprint density at radius 1 is 1.04 bits per heavy atom. The summed E-state index contributed by atoms with van der Waals surface area (Å²) in [7, 11) is -3.49. The molecule has 26 heavy (non-hydrogen) atoms. The summed E-state index contributed by atoms with van der Waals surface area (Å²) in [6.07, 6.45) is 2.88. The molecule has 1 unspecified atom stereocenters. The molecule has 0 spiro atoms. The summed E-state index contributed by atoms with van der Waals surface area (Å²) in [5, 5.41) is 0. The van der Waals surface area contributed by atoms with E-state index < -0.39 is 10.0 Å². The molecule has 0 saturated carbocycles. The van der Waals surface area contributed by atoms with Crippen molar-refractivity contribution in [3.05, 3.63) is 29.8 Å². The van der Waals surface area contributed by atoms with Crippen molar-refractivity contribution in [3.8, 4) is 0 Å². The number of carbonyl (C=O) groups excluding carboxylic acids is 1. The van der Waals surface area contributed by atoms with Gasteiger partial charge in [0.15, 0.2) is 0 Å². The summed E-state index contributed by atoms with van der Waals surface area (Å²) in [4.78, 5) is 17.1. The average Bonchev–Trinajstić information content (AvgIpc) is 2.68. The topological polar surface area (TPSA) is 60.9 Å². The van der Waals surface area contributed by atoms with Crippen LogP contribution in [0.5, 0.6) is 0 Å².